The summed E-state index contributed by atoms with van der Waals surface area (Å²) in [5.41, 5.74) is 6.00. The maximum absolute atomic E-state index is 12.6. The van der Waals surface area contributed by atoms with Gasteiger partial charge in [0.1, 0.15) is 5.82 Å². The van der Waals surface area contributed by atoms with Gasteiger partial charge in [0.15, 0.2) is 0 Å². The monoisotopic (exact) mass is 345 g/mol. The Hall–Kier alpha value is -2.48. The number of benzene rings is 1. The van der Waals surface area contributed by atoms with E-state index in [0.29, 0.717) is 37.6 Å². The van der Waals surface area contributed by atoms with Crippen LogP contribution in [0.2, 0.25) is 0 Å². The van der Waals surface area contributed by atoms with Crippen LogP contribution in [0, 0.1) is 0 Å². The lowest BCUT2D eigenvalue weighted by Crippen LogP contribution is -2.49. The third-order valence-electron chi connectivity index (χ3n) is 3.97. The lowest BCUT2D eigenvalue weighted by Gasteiger charge is -2.35. The highest BCUT2D eigenvalue weighted by molar-refractivity contribution is 7.98. The van der Waals surface area contributed by atoms with Crippen molar-refractivity contribution in [3.8, 4) is 0 Å². The van der Waals surface area contributed by atoms with Gasteiger partial charge in [-0.3, -0.25) is 14.6 Å². The minimum absolute atomic E-state index is 0.0284. The van der Waals surface area contributed by atoms with Crippen LogP contribution in [0.4, 0.5) is 11.8 Å². The Morgan fingerprint density at radius 1 is 1.21 bits per heavy atom. The third-order valence-corrected chi connectivity index (χ3v) is 4.72. The van der Waals surface area contributed by atoms with Crippen LogP contribution in [0.25, 0.3) is 0 Å². The van der Waals surface area contributed by atoms with E-state index >= 15 is 0 Å². The molecule has 0 unspecified atom stereocenters. The van der Waals surface area contributed by atoms with Gasteiger partial charge in [0.2, 0.25) is 5.95 Å². The zero-order chi connectivity index (χ0) is 17.1. The number of H-pyrrole nitrogens is 1. The minimum Gasteiger partial charge on any atom is -0.369 e. The fourth-order valence-electron chi connectivity index (χ4n) is 2.68. The van der Waals surface area contributed by atoms with Crippen LogP contribution in [-0.4, -0.2) is 53.2 Å². The quantitative estimate of drug-likeness (QED) is 0.807. The molecule has 1 aliphatic heterocycles. The average Bonchev–Trinajstić information content (AvgIpc) is 2.60. The minimum atomic E-state index is -0.273. The Kier molecular flexibility index (Phi) is 4.75. The Bertz CT molecular complexity index is 782. The normalized spacial score (nSPS) is 14.7. The largest absolute Gasteiger partial charge is 0.369 e. The van der Waals surface area contributed by atoms with Gasteiger partial charge in [0, 0.05) is 42.7 Å². The highest BCUT2D eigenvalue weighted by Gasteiger charge is 2.23. The summed E-state index contributed by atoms with van der Waals surface area (Å²) in [7, 11) is 0. The Morgan fingerprint density at radius 3 is 2.46 bits per heavy atom. The van der Waals surface area contributed by atoms with E-state index in [1.165, 1.54) is 6.07 Å². The topological polar surface area (TPSA) is 95.3 Å². The lowest BCUT2D eigenvalue weighted by atomic mass is 10.2. The van der Waals surface area contributed by atoms with Crippen molar-refractivity contribution in [1.82, 2.24) is 14.9 Å². The summed E-state index contributed by atoms with van der Waals surface area (Å²) in [6, 6.07) is 9.06. The molecule has 1 aromatic heterocycles. The van der Waals surface area contributed by atoms with Crippen LogP contribution in [0.1, 0.15) is 10.4 Å². The van der Waals surface area contributed by atoms with E-state index < -0.39 is 0 Å². The number of nitrogens with one attached hydrogen (secondary N) is 1. The molecule has 126 valence electrons. The van der Waals surface area contributed by atoms with E-state index in [9.17, 15) is 9.59 Å². The van der Waals surface area contributed by atoms with Crippen LogP contribution >= 0.6 is 11.8 Å². The van der Waals surface area contributed by atoms with Gasteiger partial charge in [-0.05, 0) is 30.5 Å². The van der Waals surface area contributed by atoms with E-state index in [2.05, 4.69) is 9.97 Å². The van der Waals surface area contributed by atoms with Crippen LogP contribution in [0.3, 0.4) is 0 Å². The first-order valence-corrected chi connectivity index (χ1v) is 8.84. The molecule has 0 radical (unpaired) electrons. The molecule has 0 aliphatic carbocycles. The molecule has 1 saturated heterocycles. The number of rotatable bonds is 3. The maximum Gasteiger partial charge on any atom is 0.254 e. The number of nitrogens with zero attached hydrogens (tertiary/aromatic N) is 3. The molecule has 1 aromatic carbocycles. The summed E-state index contributed by atoms with van der Waals surface area (Å²) in [6.07, 6.45) is 2.01. The number of piperazine rings is 1. The predicted molar refractivity (Wildman–Crippen MR) is 95.6 cm³/mol. The van der Waals surface area contributed by atoms with E-state index in [4.69, 9.17) is 5.73 Å². The molecular formula is C16H19N5O2S. The summed E-state index contributed by atoms with van der Waals surface area (Å²) in [4.78, 5) is 35.5. The van der Waals surface area contributed by atoms with Crippen LogP contribution < -0.4 is 16.2 Å². The van der Waals surface area contributed by atoms with Gasteiger partial charge in [0.05, 0.1) is 0 Å². The number of carbonyl (C=O) groups excluding carboxylic acids is 1. The van der Waals surface area contributed by atoms with Crippen LogP contribution in [-0.2, 0) is 0 Å². The van der Waals surface area contributed by atoms with Crippen molar-refractivity contribution in [2.45, 2.75) is 4.90 Å². The van der Waals surface area contributed by atoms with Crippen molar-refractivity contribution < 1.29 is 4.79 Å². The van der Waals surface area contributed by atoms with Crippen molar-refractivity contribution in [1.29, 1.82) is 0 Å². The number of aromatic amines is 1. The first-order chi connectivity index (χ1) is 11.6. The average molecular weight is 345 g/mol. The molecule has 0 spiro atoms. The van der Waals surface area contributed by atoms with Gasteiger partial charge in [-0.25, -0.2) is 0 Å². The first-order valence-electron chi connectivity index (χ1n) is 7.62. The van der Waals surface area contributed by atoms with Crippen LogP contribution in [0.5, 0.6) is 0 Å². The molecule has 0 bridgehead atoms. The Labute approximate surface area is 143 Å². The molecule has 1 amide bonds. The van der Waals surface area contributed by atoms with Crippen molar-refractivity contribution in [2.75, 3.05) is 43.1 Å². The van der Waals surface area contributed by atoms with Gasteiger partial charge >= 0.3 is 0 Å². The number of thioether (sulfide) groups is 1. The van der Waals surface area contributed by atoms with Gasteiger partial charge in [-0.2, -0.15) is 4.98 Å². The Balaban J connectivity index is 1.65. The van der Waals surface area contributed by atoms with E-state index in [1.807, 2.05) is 40.3 Å². The number of hydrogen-bond donors (Lipinski definition) is 2. The number of nitrogens with two attached hydrogens (primary N) is 1. The lowest BCUT2D eigenvalue weighted by molar-refractivity contribution is 0.0746. The van der Waals surface area contributed by atoms with E-state index in [-0.39, 0.29) is 17.4 Å². The first kappa shape index (κ1) is 16.4. The number of anilines is 2. The van der Waals surface area contributed by atoms with Crippen molar-refractivity contribution in [3.63, 3.8) is 0 Å². The van der Waals surface area contributed by atoms with Gasteiger partial charge in [-0.1, -0.05) is 0 Å². The van der Waals surface area contributed by atoms with Gasteiger partial charge < -0.3 is 15.5 Å². The number of hydrogen-bond acceptors (Lipinski definition) is 6. The number of carbonyl (C=O) groups is 1. The number of aromatic nitrogens is 2. The number of amides is 1. The summed E-state index contributed by atoms with van der Waals surface area (Å²) in [5.74, 6) is 0.679. The molecule has 2 heterocycles. The zero-order valence-corrected chi connectivity index (χ0v) is 14.2. The van der Waals surface area contributed by atoms with Crippen molar-refractivity contribution in [3.05, 3.63) is 46.2 Å². The molecule has 0 atom stereocenters. The maximum atomic E-state index is 12.6. The van der Waals surface area contributed by atoms with Gasteiger partial charge in [-0.15, -0.1) is 11.8 Å². The fraction of sp³-hybridized carbons (Fsp3) is 0.312. The highest BCUT2D eigenvalue weighted by atomic mass is 32.2. The molecule has 24 heavy (non-hydrogen) atoms. The summed E-state index contributed by atoms with van der Waals surface area (Å²) >= 11 is 1.65. The standard InChI is InChI=1S/C16H19N5O2S/c1-24-12-4-2-11(3-5-12)15(23)21-8-6-20(7-9-21)13-10-14(22)19-16(17)18-13/h2-5,10H,6-9H2,1H3,(H3,17,18,19,22). The van der Waals surface area contributed by atoms with Crippen LogP contribution in [0.15, 0.2) is 40.0 Å². The Morgan fingerprint density at radius 2 is 1.88 bits per heavy atom. The number of nitrogen functional groups attached to an aromatic ring is 1. The molecule has 7 nitrogen and oxygen atoms in total. The summed E-state index contributed by atoms with van der Waals surface area (Å²) < 4.78 is 0. The van der Waals surface area contributed by atoms with Crippen molar-refractivity contribution in [2.24, 2.45) is 0 Å². The second-order valence-corrected chi connectivity index (χ2v) is 6.38. The molecule has 2 aromatic rings. The van der Waals surface area contributed by atoms with E-state index in [1.54, 1.807) is 11.8 Å². The van der Waals surface area contributed by atoms with Gasteiger partial charge in [0.25, 0.3) is 11.5 Å². The SMILES string of the molecule is CSc1ccc(C(=O)N2CCN(c3cc(=O)[nH]c(N)n3)CC2)cc1. The molecule has 3 rings (SSSR count). The summed E-state index contributed by atoms with van der Waals surface area (Å²) in [6.45, 7) is 2.39. The second kappa shape index (κ2) is 6.96. The molecule has 0 saturated carbocycles. The smallest absolute Gasteiger partial charge is 0.254 e. The molecule has 3 N–H and O–H groups in total. The third kappa shape index (κ3) is 3.53. The predicted octanol–water partition coefficient (Wildman–Crippen LogP) is 1.04. The fourth-order valence-corrected chi connectivity index (χ4v) is 3.09. The molecule has 1 fully saturated rings. The van der Waals surface area contributed by atoms with Crippen molar-refractivity contribution >= 4 is 29.4 Å². The molecular weight excluding hydrogens is 326 g/mol. The summed E-state index contributed by atoms with van der Waals surface area (Å²) in [5, 5.41) is 0. The highest BCUT2D eigenvalue weighted by Crippen LogP contribution is 2.17. The van der Waals surface area contributed by atoms with E-state index in [0.717, 1.165) is 4.90 Å². The molecule has 1 aliphatic rings. The zero-order valence-electron chi connectivity index (χ0n) is 13.4. The molecule has 8 heteroatoms. The second-order valence-electron chi connectivity index (χ2n) is 5.50.